The molecule has 0 saturated carbocycles. The van der Waals surface area contributed by atoms with Crippen molar-refractivity contribution in [2.24, 2.45) is 0 Å². The van der Waals surface area contributed by atoms with Gasteiger partial charge in [-0.3, -0.25) is 9.89 Å². The van der Waals surface area contributed by atoms with E-state index in [1.54, 1.807) is 35.8 Å². The summed E-state index contributed by atoms with van der Waals surface area (Å²) >= 11 is 1.61. The van der Waals surface area contributed by atoms with Gasteiger partial charge in [-0.05, 0) is 23.6 Å². The maximum Gasteiger partial charge on any atom is 0.272 e. The molecule has 3 aromatic heterocycles. The van der Waals surface area contributed by atoms with Crippen LogP contribution in [0.3, 0.4) is 0 Å². The van der Waals surface area contributed by atoms with Gasteiger partial charge in [0.25, 0.3) is 5.91 Å². The monoisotopic (exact) mass is 273 g/mol. The highest BCUT2D eigenvalue weighted by atomic mass is 32.1. The number of thiophene rings is 1. The van der Waals surface area contributed by atoms with Gasteiger partial charge < -0.3 is 9.73 Å². The summed E-state index contributed by atoms with van der Waals surface area (Å²) in [4.78, 5) is 13.0. The summed E-state index contributed by atoms with van der Waals surface area (Å²) < 4.78 is 5.23. The minimum atomic E-state index is -0.206. The van der Waals surface area contributed by atoms with Crippen LogP contribution in [0.4, 0.5) is 0 Å². The van der Waals surface area contributed by atoms with Crippen molar-refractivity contribution >= 4 is 17.2 Å². The van der Waals surface area contributed by atoms with Crippen molar-refractivity contribution in [1.29, 1.82) is 0 Å². The average Bonchev–Trinajstić information content (AvgIpc) is 3.14. The van der Waals surface area contributed by atoms with Crippen molar-refractivity contribution in [3.63, 3.8) is 0 Å². The minimum Gasteiger partial charge on any atom is -0.463 e. The fraction of sp³-hybridized carbons (Fsp3) is 0.0769. The number of furan rings is 1. The highest BCUT2D eigenvalue weighted by molar-refractivity contribution is 7.09. The molecule has 3 heterocycles. The molecule has 3 aromatic rings. The van der Waals surface area contributed by atoms with E-state index in [4.69, 9.17) is 4.42 Å². The highest BCUT2D eigenvalue weighted by Crippen LogP contribution is 2.17. The van der Waals surface area contributed by atoms with Crippen LogP contribution in [0.15, 0.2) is 46.4 Å². The Balaban J connectivity index is 1.67. The third-order valence-electron chi connectivity index (χ3n) is 2.60. The van der Waals surface area contributed by atoms with E-state index < -0.39 is 0 Å². The van der Waals surface area contributed by atoms with Gasteiger partial charge in [-0.15, -0.1) is 11.3 Å². The third-order valence-corrected chi connectivity index (χ3v) is 3.48. The van der Waals surface area contributed by atoms with Crippen molar-refractivity contribution in [3.8, 4) is 11.5 Å². The van der Waals surface area contributed by atoms with Crippen LogP contribution in [0.5, 0.6) is 0 Å². The maximum atomic E-state index is 11.9. The topological polar surface area (TPSA) is 70.9 Å². The van der Waals surface area contributed by atoms with Gasteiger partial charge >= 0.3 is 0 Å². The molecule has 0 aliphatic heterocycles. The zero-order chi connectivity index (χ0) is 13.1. The zero-order valence-corrected chi connectivity index (χ0v) is 10.7. The minimum absolute atomic E-state index is 0.206. The van der Waals surface area contributed by atoms with E-state index in [9.17, 15) is 4.79 Å². The summed E-state index contributed by atoms with van der Waals surface area (Å²) in [6.45, 7) is 0.513. The Morgan fingerprint density at radius 1 is 1.42 bits per heavy atom. The zero-order valence-electron chi connectivity index (χ0n) is 9.92. The van der Waals surface area contributed by atoms with E-state index >= 15 is 0 Å². The van der Waals surface area contributed by atoms with Gasteiger partial charge in [0.15, 0.2) is 11.5 Å². The Labute approximate surface area is 113 Å². The van der Waals surface area contributed by atoms with Crippen molar-refractivity contribution in [2.45, 2.75) is 6.54 Å². The first-order valence-corrected chi connectivity index (χ1v) is 6.61. The Bertz CT molecular complexity index is 656. The normalized spacial score (nSPS) is 10.5. The molecule has 0 unspecified atom stereocenters. The van der Waals surface area contributed by atoms with Crippen molar-refractivity contribution in [1.82, 2.24) is 15.5 Å². The van der Waals surface area contributed by atoms with Crippen molar-refractivity contribution in [2.75, 3.05) is 0 Å². The van der Waals surface area contributed by atoms with Gasteiger partial charge in [0.05, 0.1) is 12.8 Å². The van der Waals surface area contributed by atoms with Gasteiger partial charge in [-0.2, -0.15) is 5.10 Å². The molecule has 0 saturated heterocycles. The van der Waals surface area contributed by atoms with E-state index in [0.29, 0.717) is 23.7 Å². The van der Waals surface area contributed by atoms with Crippen LogP contribution < -0.4 is 5.32 Å². The number of hydrogen-bond donors (Lipinski definition) is 2. The number of nitrogens with zero attached hydrogens (tertiary/aromatic N) is 1. The van der Waals surface area contributed by atoms with Crippen molar-refractivity contribution in [3.05, 3.63) is 52.5 Å². The predicted molar refractivity (Wildman–Crippen MR) is 71.8 cm³/mol. The van der Waals surface area contributed by atoms with Crippen LogP contribution in [0.1, 0.15) is 15.4 Å². The molecule has 0 bridgehead atoms. The van der Waals surface area contributed by atoms with Crippen LogP contribution in [0.2, 0.25) is 0 Å². The summed E-state index contributed by atoms with van der Waals surface area (Å²) in [6, 6.07) is 9.19. The summed E-state index contributed by atoms with van der Waals surface area (Å²) in [5.41, 5.74) is 1.04. The molecule has 0 aliphatic rings. The van der Waals surface area contributed by atoms with Gasteiger partial charge in [0, 0.05) is 10.9 Å². The van der Waals surface area contributed by atoms with Crippen LogP contribution >= 0.6 is 11.3 Å². The summed E-state index contributed by atoms with van der Waals surface area (Å²) in [6.07, 6.45) is 1.58. The molecule has 0 spiro atoms. The number of carbonyl (C=O) groups is 1. The Morgan fingerprint density at radius 3 is 3.11 bits per heavy atom. The number of hydrogen-bond acceptors (Lipinski definition) is 4. The standard InChI is InChI=1S/C13H11N3O2S/c17-13(14-8-9-3-2-6-19-9)11-7-10(15-16-11)12-4-1-5-18-12/h1-7H,8H2,(H,14,17)(H,15,16). The first kappa shape index (κ1) is 11.7. The van der Waals surface area contributed by atoms with Crippen LogP contribution in [-0.2, 0) is 6.54 Å². The molecule has 0 atom stereocenters. The predicted octanol–water partition coefficient (Wildman–Crippen LogP) is 2.66. The van der Waals surface area contributed by atoms with Crippen LogP contribution in [0, 0.1) is 0 Å². The largest absolute Gasteiger partial charge is 0.463 e. The summed E-state index contributed by atoms with van der Waals surface area (Å²) in [7, 11) is 0. The highest BCUT2D eigenvalue weighted by Gasteiger charge is 2.12. The number of aromatic nitrogens is 2. The number of nitrogens with one attached hydrogen (secondary N) is 2. The van der Waals surface area contributed by atoms with E-state index in [-0.39, 0.29) is 5.91 Å². The number of rotatable bonds is 4. The number of carbonyl (C=O) groups excluding carboxylic acids is 1. The molecule has 1 amide bonds. The quantitative estimate of drug-likeness (QED) is 0.767. The number of aromatic amines is 1. The second kappa shape index (κ2) is 5.11. The van der Waals surface area contributed by atoms with Crippen LogP contribution in [0.25, 0.3) is 11.5 Å². The van der Waals surface area contributed by atoms with E-state index in [2.05, 4.69) is 15.5 Å². The molecule has 3 rings (SSSR count). The second-order valence-corrected chi connectivity index (χ2v) is 4.94. The van der Waals surface area contributed by atoms with E-state index in [1.807, 2.05) is 17.5 Å². The first-order chi connectivity index (χ1) is 9.33. The summed E-state index contributed by atoms with van der Waals surface area (Å²) in [5, 5.41) is 11.6. The SMILES string of the molecule is O=C(NCc1cccs1)c1cc(-c2ccco2)[nH]n1. The fourth-order valence-corrected chi connectivity index (χ4v) is 2.31. The Morgan fingerprint density at radius 2 is 2.37 bits per heavy atom. The Hall–Kier alpha value is -2.34. The lowest BCUT2D eigenvalue weighted by molar-refractivity contribution is 0.0946. The molecule has 5 nitrogen and oxygen atoms in total. The van der Waals surface area contributed by atoms with Gasteiger partial charge in [-0.1, -0.05) is 6.07 Å². The average molecular weight is 273 g/mol. The molecule has 6 heteroatoms. The molecule has 0 aliphatic carbocycles. The lowest BCUT2D eigenvalue weighted by atomic mass is 10.3. The van der Waals surface area contributed by atoms with Gasteiger partial charge in [0.2, 0.25) is 0 Å². The Kier molecular flexibility index (Phi) is 3.16. The lowest BCUT2D eigenvalue weighted by Crippen LogP contribution is -2.22. The maximum absolute atomic E-state index is 11.9. The van der Waals surface area contributed by atoms with E-state index in [1.165, 1.54) is 0 Å². The summed E-state index contributed by atoms with van der Waals surface area (Å²) in [5.74, 6) is 0.451. The third kappa shape index (κ3) is 2.58. The number of H-pyrrole nitrogens is 1. The van der Waals surface area contributed by atoms with Crippen LogP contribution in [-0.4, -0.2) is 16.1 Å². The molecule has 0 radical (unpaired) electrons. The molecule has 96 valence electrons. The molecular weight excluding hydrogens is 262 g/mol. The molecule has 0 aromatic carbocycles. The number of amides is 1. The molecule has 2 N–H and O–H groups in total. The molecular formula is C13H11N3O2S. The van der Waals surface area contributed by atoms with Gasteiger partial charge in [0.1, 0.15) is 5.69 Å². The first-order valence-electron chi connectivity index (χ1n) is 5.73. The van der Waals surface area contributed by atoms with Gasteiger partial charge in [-0.25, -0.2) is 0 Å². The lowest BCUT2D eigenvalue weighted by Gasteiger charge is -1.99. The van der Waals surface area contributed by atoms with E-state index in [0.717, 1.165) is 4.88 Å². The van der Waals surface area contributed by atoms with Crippen molar-refractivity contribution < 1.29 is 9.21 Å². The second-order valence-electron chi connectivity index (χ2n) is 3.91. The molecule has 19 heavy (non-hydrogen) atoms. The molecule has 0 fully saturated rings. The smallest absolute Gasteiger partial charge is 0.272 e. The fourth-order valence-electron chi connectivity index (χ4n) is 1.67.